The minimum absolute atomic E-state index is 0.0538. The number of aryl methyl sites for hydroxylation is 1. The van der Waals surface area contributed by atoms with Crippen LogP contribution in [0.4, 0.5) is 11.4 Å². The van der Waals surface area contributed by atoms with Gasteiger partial charge in [0, 0.05) is 23.3 Å². The largest absolute Gasteiger partial charge is 0.325 e. The molecule has 1 aliphatic heterocycles. The van der Waals surface area contributed by atoms with Crippen LogP contribution in [0.1, 0.15) is 5.56 Å². The number of nitrogens with zero attached hydrogens (tertiary/aromatic N) is 3. The van der Waals surface area contributed by atoms with E-state index in [2.05, 4.69) is 15.3 Å². The molecule has 0 aliphatic carbocycles. The zero-order chi connectivity index (χ0) is 21.5. The highest BCUT2D eigenvalue weighted by molar-refractivity contribution is 7.99. The van der Waals surface area contributed by atoms with E-state index in [-0.39, 0.29) is 16.6 Å². The second kappa shape index (κ2) is 7.90. The van der Waals surface area contributed by atoms with Crippen LogP contribution in [0.3, 0.4) is 0 Å². The van der Waals surface area contributed by atoms with Gasteiger partial charge in [0.15, 0.2) is 5.16 Å². The predicted octanol–water partition coefficient (Wildman–Crippen LogP) is 3.97. The molecule has 0 fully saturated rings. The third kappa shape index (κ3) is 3.88. The Labute approximate surface area is 183 Å². The van der Waals surface area contributed by atoms with Crippen molar-refractivity contribution >= 4 is 50.7 Å². The van der Waals surface area contributed by atoms with E-state index in [1.807, 2.05) is 19.1 Å². The van der Waals surface area contributed by atoms with Crippen LogP contribution in [0, 0.1) is 6.92 Å². The average Bonchev–Trinajstić information content (AvgIpc) is 2.72. The SMILES string of the molecule is Cc1ccc2c(c1)-c1nc(SCC(=O)Nc3ccc(Cl)cc3)ncc1S(=O)(=O)N2C. The first kappa shape index (κ1) is 20.6. The molecule has 0 saturated heterocycles. The molecule has 0 spiro atoms. The second-order valence-corrected chi connectivity index (χ2v) is 10.0. The van der Waals surface area contributed by atoms with Gasteiger partial charge in [-0.15, -0.1) is 0 Å². The number of amides is 1. The summed E-state index contributed by atoms with van der Waals surface area (Å²) in [5, 5.41) is 3.68. The zero-order valence-corrected chi connectivity index (χ0v) is 18.5. The summed E-state index contributed by atoms with van der Waals surface area (Å²) in [5.74, 6) is -0.151. The average molecular weight is 461 g/mol. The Kier molecular flexibility index (Phi) is 5.44. The molecular formula is C20H17ClN4O3S2. The number of anilines is 2. The van der Waals surface area contributed by atoms with Crippen molar-refractivity contribution in [3.05, 3.63) is 59.2 Å². The third-order valence-corrected chi connectivity index (χ3v) is 7.46. The van der Waals surface area contributed by atoms with Gasteiger partial charge in [0.25, 0.3) is 10.0 Å². The fourth-order valence-corrected chi connectivity index (χ4v) is 5.10. The van der Waals surface area contributed by atoms with E-state index in [1.54, 1.807) is 30.3 Å². The van der Waals surface area contributed by atoms with Gasteiger partial charge < -0.3 is 5.32 Å². The van der Waals surface area contributed by atoms with Crippen molar-refractivity contribution in [2.24, 2.45) is 0 Å². The van der Waals surface area contributed by atoms with Gasteiger partial charge in [0.1, 0.15) is 4.90 Å². The van der Waals surface area contributed by atoms with E-state index in [0.717, 1.165) is 22.9 Å². The fourth-order valence-electron chi connectivity index (χ4n) is 3.06. The zero-order valence-electron chi connectivity index (χ0n) is 16.1. The number of sulfonamides is 1. The summed E-state index contributed by atoms with van der Waals surface area (Å²) in [5.41, 5.74) is 3.25. The van der Waals surface area contributed by atoms with Gasteiger partial charge in [-0.3, -0.25) is 9.10 Å². The molecule has 1 aliphatic rings. The lowest BCUT2D eigenvalue weighted by molar-refractivity contribution is -0.113. The molecule has 0 atom stereocenters. The predicted molar refractivity (Wildman–Crippen MR) is 119 cm³/mol. The van der Waals surface area contributed by atoms with Crippen molar-refractivity contribution in [3.8, 4) is 11.3 Å². The first-order valence-corrected chi connectivity index (χ1v) is 11.7. The maximum atomic E-state index is 12.8. The number of carbonyl (C=O) groups excluding carboxylic acids is 1. The summed E-state index contributed by atoms with van der Waals surface area (Å²) >= 11 is 6.98. The summed E-state index contributed by atoms with van der Waals surface area (Å²) in [7, 11) is -2.22. The summed E-state index contributed by atoms with van der Waals surface area (Å²) in [6, 6.07) is 12.3. The van der Waals surface area contributed by atoms with Crippen LogP contribution in [-0.2, 0) is 14.8 Å². The number of carbonyl (C=O) groups is 1. The first-order chi connectivity index (χ1) is 14.3. The normalized spacial score (nSPS) is 14.0. The third-order valence-electron chi connectivity index (χ3n) is 4.58. The van der Waals surface area contributed by atoms with Crippen LogP contribution < -0.4 is 9.62 Å². The van der Waals surface area contributed by atoms with Gasteiger partial charge in [-0.1, -0.05) is 35.0 Å². The molecular weight excluding hydrogens is 444 g/mol. The number of aromatic nitrogens is 2. The van der Waals surface area contributed by atoms with E-state index in [1.165, 1.54) is 17.5 Å². The molecule has 4 rings (SSSR count). The van der Waals surface area contributed by atoms with Crippen LogP contribution in [0.15, 0.2) is 58.7 Å². The minimum Gasteiger partial charge on any atom is -0.325 e. The molecule has 154 valence electrons. The second-order valence-electron chi connectivity index (χ2n) is 6.70. The Morgan fingerprint density at radius 3 is 2.67 bits per heavy atom. The summed E-state index contributed by atoms with van der Waals surface area (Å²) in [6.07, 6.45) is 1.30. The van der Waals surface area contributed by atoms with Crippen molar-refractivity contribution in [1.82, 2.24) is 9.97 Å². The molecule has 30 heavy (non-hydrogen) atoms. The highest BCUT2D eigenvalue weighted by Crippen LogP contribution is 2.41. The van der Waals surface area contributed by atoms with Crippen LogP contribution in [0.2, 0.25) is 5.02 Å². The standard InChI is InChI=1S/C20H17ClN4O3S2/c1-12-3-8-16-15(9-12)19-17(30(27,28)25(16)2)10-22-20(24-19)29-11-18(26)23-14-6-4-13(21)5-7-14/h3-10H,11H2,1-2H3,(H,23,26). The number of nitrogens with one attached hydrogen (secondary N) is 1. The molecule has 1 amide bonds. The molecule has 0 radical (unpaired) electrons. The molecule has 1 aromatic heterocycles. The van der Waals surface area contributed by atoms with Crippen molar-refractivity contribution in [2.45, 2.75) is 17.0 Å². The topological polar surface area (TPSA) is 92.3 Å². The lowest BCUT2D eigenvalue weighted by Crippen LogP contribution is -2.31. The Morgan fingerprint density at radius 1 is 1.20 bits per heavy atom. The molecule has 1 N–H and O–H groups in total. The lowest BCUT2D eigenvalue weighted by Gasteiger charge is -2.28. The number of hydrogen-bond acceptors (Lipinski definition) is 6. The quantitative estimate of drug-likeness (QED) is 0.467. The van der Waals surface area contributed by atoms with Crippen LogP contribution in [-0.4, -0.2) is 37.1 Å². The molecule has 10 heteroatoms. The highest BCUT2D eigenvalue weighted by atomic mass is 35.5. The first-order valence-electron chi connectivity index (χ1n) is 8.91. The number of benzene rings is 2. The van der Waals surface area contributed by atoms with E-state index in [0.29, 0.717) is 27.2 Å². The van der Waals surface area contributed by atoms with E-state index >= 15 is 0 Å². The van der Waals surface area contributed by atoms with Crippen molar-refractivity contribution in [2.75, 3.05) is 22.4 Å². The van der Waals surface area contributed by atoms with Crippen molar-refractivity contribution in [3.63, 3.8) is 0 Å². The maximum absolute atomic E-state index is 12.8. The number of hydrogen-bond donors (Lipinski definition) is 1. The fraction of sp³-hybridized carbons (Fsp3) is 0.150. The Morgan fingerprint density at radius 2 is 1.93 bits per heavy atom. The van der Waals surface area contributed by atoms with Gasteiger partial charge in [-0.05, 0) is 43.3 Å². The smallest absolute Gasteiger partial charge is 0.267 e. The minimum atomic E-state index is -3.73. The van der Waals surface area contributed by atoms with Gasteiger partial charge in [-0.25, -0.2) is 18.4 Å². The Balaban J connectivity index is 1.58. The number of fused-ring (bicyclic) bond motifs is 3. The monoisotopic (exact) mass is 460 g/mol. The van der Waals surface area contributed by atoms with Crippen molar-refractivity contribution < 1.29 is 13.2 Å². The Bertz CT molecular complexity index is 1250. The van der Waals surface area contributed by atoms with Crippen LogP contribution in [0.25, 0.3) is 11.3 Å². The van der Waals surface area contributed by atoms with Gasteiger partial charge in [0.05, 0.1) is 23.3 Å². The number of halogens is 1. The van der Waals surface area contributed by atoms with Crippen LogP contribution >= 0.6 is 23.4 Å². The summed E-state index contributed by atoms with van der Waals surface area (Å²) in [6.45, 7) is 1.93. The van der Waals surface area contributed by atoms with E-state index in [4.69, 9.17) is 11.6 Å². The Hall–Kier alpha value is -2.62. The maximum Gasteiger partial charge on any atom is 0.267 e. The molecule has 2 heterocycles. The van der Waals surface area contributed by atoms with Crippen LogP contribution in [0.5, 0.6) is 0 Å². The molecule has 0 bridgehead atoms. The van der Waals surface area contributed by atoms with E-state index < -0.39 is 10.0 Å². The summed E-state index contributed by atoms with van der Waals surface area (Å²) < 4.78 is 26.9. The number of rotatable bonds is 4. The highest BCUT2D eigenvalue weighted by Gasteiger charge is 2.34. The lowest BCUT2D eigenvalue weighted by atomic mass is 10.1. The molecule has 0 saturated carbocycles. The molecule has 0 unspecified atom stereocenters. The van der Waals surface area contributed by atoms with E-state index in [9.17, 15) is 13.2 Å². The van der Waals surface area contributed by atoms with Crippen molar-refractivity contribution in [1.29, 1.82) is 0 Å². The molecule has 2 aromatic carbocycles. The molecule has 3 aromatic rings. The summed E-state index contributed by atoms with van der Waals surface area (Å²) in [4.78, 5) is 20.9. The number of thioether (sulfide) groups is 1. The van der Waals surface area contributed by atoms with Gasteiger partial charge in [0.2, 0.25) is 5.91 Å². The van der Waals surface area contributed by atoms with Gasteiger partial charge in [-0.2, -0.15) is 0 Å². The van der Waals surface area contributed by atoms with Gasteiger partial charge >= 0.3 is 0 Å². The molecule has 7 nitrogen and oxygen atoms in total.